The Morgan fingerprint density at radius 3 is 2.58 bits per heavy atom. The van der Waals surface area contributed by atoms with Gasteiger partial charge in [0.05, 0.1) is 0 Å². The van der Waals surface area contributed by atoms with Crippen molar-refractivity contribution >= 4 is 12.1 Å². The molecule has 0 fully saturated rings. The van der Waals surface area contributed by atoms with Gasteiger partial charge < -0.3 is 5.32 Å². The zero-order chi connectivity index (χ0) is 9.40. The average Bonchev–Trinajstić information content (AvgIpc) is 1.95. The summed E-state index contributed by atoms with van der Waals surface area (Å²) < 4.78 is 2.05. The van der Waals surface area contributed by atoms with Crippen LogP contribution in [-0.2, 0) is 4.79 Å². The molecule has 0 rings (SSSR count). The van der Waals surface area contributed by atoms with Gasteiger partial charge in [0.1, 0.15) is 20.3 Å². The van der Waals surface area contributed by atoms with Crippen LogP contribution >= 0.6 is 0 Å². The predicted molar refractivity (Wildman–Crippen MR) is 50.7 cm³/mol. The topological polar surface area (TPSA) is 32.1 Å². The van der Waals surface area contributed by atoms with Crippen LogP contribution in [0.5, 0.6) is 0 Å². The van der Waals surface area contributed by atoms with Gasteiger partial charge in [0, 0.05) is 19.9 Å². The molecule has 3 heteroatoms. The van der Waals surface area contributed by atoms with Crippen molar-refractivity contribution in [2.24, 2.45) is 0 Å². The lowest BCUT2D eigenvalue weighted by Gasteiger charge is -1.98. The number of hydrogen-bond donors (Lipinski definition) is 1. The summed E-state index contributed by atoms with van der Waals surface area (Å²) in [5.41, 5.74) is 0. The molecule has 0 saturated carbocycles. The fourth-order valence-electron chi connectivity index (χ4n) is 0.883. The number of carbonyl (C=O) groups is 1. The summed E-state index contributed by atoms with van der Waals surface area (Å²) >= 11 is 0. The van der Waals surface area contributed by atoms with Crippen molar-refractivity contribution in [1.29, 1.82) is 0 Å². The molecule has 0 spiro atoms. The third kappa shape index (κ3) is 9.14. The van der Waals surface area contributed by atoms with Crippen molar-refractivity contribution in [2.75, 3.05) is 20.6 Å². The maximum Gasteiger partial charge on any atom is 0.216 e. The van der Waals surface area contributed by atoms with Crippen LogP contribution < -0.4 is 5.32 Å². The normalized spacial score (nSPS) is 9.25. The van der Waals surface area contributed by atoms with Crippen molar-refractivity contribution in [3.8, 4) is 0 Å². The highest BCUT2D eigenvalue weighted by molar-refractivity contribution is 5.72. The lowest BCUT2D eigenvalue weighted by Crippen LogP contribution is -2.20. The summed E-state index contributed by atoms with van der Waals surface area (Å²) in [5, 5.41) is 2.77. The van der Waals surface area contributed by atoms with Gasteiger partial charge in [-0.1, -0.05) is 0 Å². The largest absolute Gasteiger partial charge is 0.356 e. The molecule has 0 aliphatic carbocycles. The Morgan fingerprint density at radius 2 is 2.08 bits per heavy atom. The number of nitrogens with zero attached hydrogens (tertiary/aromatic N) is 1. The molecule has 70 valence electrons. The first kappa shape index (κ1) is 11.1. The lowest BCUT2D eigenvalue weighted by atomic mass is 10.2. The Morgan fingerprint density at radius 1 is 1.42 bits per heavy atom. The zero-order valence-electron chi connectivity index (χ0n) is 8.26. The molecule has 1 N–H and O–H groups in total. The fourth-order valence-corrected chi connectivity index (χ4v) is 0.883. The summed E-state index contributed by atoms with van der Waals surface area (Å²) in [4.78, 5) is 10.5. The molecule has 1 amide bonds. The Kier molecular flexibility index (Phi) is 6.34. The van der Waals surface area contributed by atoms with E-state index < -0.39 is 0 Å². The molecular formula is C9H19N2O+. The van der Waals surface area contributed by atoms with E-state index in [1.807, 2.05) is 14.1 Å². The first-order chi connectivity index (χ1) is 5.63. The van der Waals surface area contributed by atoms with E-state index in [1.165, 1.54) is 0 Å². The first-order valence-electron chi connectivity index (χ1n) is 4.37. The molecule has 3 nitrogen and oxygen atoms in total. The molecule has 12 heavy (non-hydrogen) atoms. The van der Waals surface area contributed by atoms with E-state index in [-0.39, 0.29) is 5.91 Å². The quantitative estimate of drug-likeness (QED) is 0.214. The van der Waals surface area contributed by atoms with Gasteiger partial charge in [0.25, 0.3) is 0 Å². The highest BCUT2D eigenvalue weighted by Crippen LogP contribution is 1.90. The van der Waals surface area contributed by atoms with Crippen molar-refractivity contribution in [1.82, 2.24) is 5.32 Å². The van der Waals surface area contributed by atoms with Crippen LogP contribution in [-0.4, -0.2) is 37.3 Å². The van der Waals surface area contributed by atoms with Gasteiger partial charge in [0.2, 0.25) is 5.91 Å². The highest BCUT2D eigenvalue weighted by atomic mass is 16.2. The minimum absolute atomic E-state index is 0.0617. The van der Waals surface area contributed by atoms with Crippen molar-refractivity contribution in [3.63, 3.8) is 0 Å². The molecular weight excluding hydrogens is 154 g/mol. The standard InChI is InChI=1S/C9H18N2O/c1-9(12)10-7-5-4-6-8-11(2)3/h8H,4-7H2,1-3H3/p+1/i9+1,10+1. The fraction of sp³-hybridized carbons (Fsp3) is 0.778. The summed E-state index contributed by atoms with van der Waals surface area (Å²) in [7, 11) is 4.04. The van der Waals surface area contributed by atoms with Crippen LogP contribution in [0.2, 0.25) is 0 Å². The lowest BCUT2D eigenvalue weighted by molar-refractivity contribution is -0.460. The van der Waals surface area contributed by atoms with Gasteiger partial charge >= 0.3 is 0 Å². The van der Waals surface area contributed by atoms with E-state index >= 15 is 0 Å². The number of unbranched alkanes of at least 4 members (excludes halogenated alkanes) is 2. The molecule has 0 unspecified atom stereocenters. The summed E-state index contributed by atoms with van der Waals surface area (Å²) in [6, 6.07) is 0. The van der Waals surface area contributed by atoms with E-state index in [2.05, 4.69) is 16.1 Å². The number of hydrogen-bond acceptors (Lipinski definition) is 1. The monoisotopic (exact) mass is 173 g/mol. The first-order valence-corrected chi connectivity index (χ1v) is 4.37. The summed E-state index contributed by atoms with van der Waals surface area (Å²) in [6.45, 7) is 2.35. The average molecular weight is 173 g/mol. The molecule has 0 aromatic heterocycles. The third-order valence-electron chi connectivity index (χ3n) is 1.50. The molecule has 0 heterocycles. The van der Waals surface area contributed by atoms with Gasteiger partial charge in [-0.25, -0.2) is 4.58 Å². The van der Waals surface area contributed by atoms with Gasteiger partial charge in [-0.3, -0.25) is 4.79 Å². The van der Waals surface area contributed by atoms with Crippen molar-refractivity contribution in [2.45, 2.75) is 26.2 Å². The Bertz CT molecular complexity index is 160. The number of carbonyl (C=O) groups excluding carboxylic acids is 1. The molecule has 0 atom stereocenters. The molecule has 0 aliphatic rings. The van der Waals surface area contributed by atoms with Crippen LogP contribution in [0.15, 0.2) is 0 Å². The van der Waals surface area contributed by atoms with Crippen LogP contribution in [0.1, 0.15) is 26.2 Å². The van der Waals surface area contributed by atoms with Gasteiger partial charge in [-0.15, -0.1) is 0 Å². The van der Waals surface area contributed by atoms with E-state index in [4.69, 9.17) is 0 Å². The van der Waals surface area contributed by atoms with Gasteiger partial charge in [0.15, 0.2) is 0 Å². The third-order valence-corrected chi connectivity index (χ3v) is 1.50. The highest BCUT2D eigenvalue weighted by Gasteiger charge is 1.91. The maximum absolute atomic E-state index is 10.5. The number of rotatable bonds is 5. The SMILES string of the molecule is C[13C](=O)[15NH]CCCCC=[N+](C)C. The summed E-state index contributed by atoms with van der Waals surface area (Å²) in [5.74, 6) is 0.0617. The smallest absolute Gasteiger partial charge is 0.216 e. The second kappa shape index (κ2) is 6.83. The van der Waals surface area contributed by atoms with Crippen LogP contribution in [0.4, 0.5) is 0 Å². The van der Waals surface area contributed by atoms with E-state index in [1.54, 1.807) is 6.92 Å². The number of nitrogens with one attached hydrogen (secondary N) is 1. The molecule has 0 aromatic carbocycles. The molecule has 0 radical (unpaired) electrons. The molecule has 0 bridgehead atoms. The maximum atomic E-state index is 10.5. The van der Waals surface area contributed by atoms with E-state index in [9.17, 15) is 4.79 Å². The summed E-state index contributed by atoms with van der Waals surface area (Å²) in [6.07, 6.45) is 5.43. The zero-order valence-corrected chi connectivity index (χ0v) is 8.26. The predicted octanol–water partition coefficient (Wildman–Crippen LogP) is 0.636. The van der Waals surface area contributed by atoms with Crippen LogP contribution in [0.3, 0.4) is 0 Å². The van der Waals surface area contributed by atoms with E-state index in [0.29, 0.717) is 0 Å². The Hall–Kier alpha value is -0.860. The van der Waals surface area contributed by atoms with Gasteiger partial charge in [-0.2, -0.15) is 0 Å². The van der Waals surface area contributed by atoms with Crippen molar-refractivity contribution < 1.29 is 9.37 Å². The minimum Gasteiger partial charge on any atom is -0.356 e. The van der Waals surface area contributed by atoms with Crippen LogP contribution in [0.25, 0.3) is 0 Å². The molecule has 0 aliphatic heterocycles. The Labute approximate surface area is 74.5 Å². The van der Waals surface area contributed by atoms with Gasteiger partial charge in [-0.05, 0) is 12.8 Å². The minimum atomic E-state index is 0.0617. The second-order valence-corrected chi connectivity index (χ2v) is 3.12. The molecule has 0 aromatic rings. The van der Waals surface area contributed by atoms with Crippen LogP contribution in [0, 0.1) is 0 Å². The second-order valence-electron chi connectivity index (χ2n) is 3.12. The Balaban J connectivity index is 3.11. The number of amides is 1. The van der Waals surface area contributed by atoms with Crippen molar-refractivity contribution in [3.05, 3.63) is 0 Å². The van der Waals surface area contributed by atoms with E-state index in [0.717, 1.165) is 25.8 Å². The molecule has 0 saturated heterocycles.